The number of benzene rings is 4. The van der Waals surface area contributed by atoms with Crippen molar-refractivity contribution in [3.05, 3.63) is 112 Å². The molecule has 0 aliphatic heterocycles. The molecule has 0 saturated carbocycles. The van der Waals surface area contributed by atoms with Crippen molar-refractivity contribution in [2.75, 3.05) is 0 Å². The van der Waals surface area contributed by atoms with Crippen LogP contribution in [-0.2, 0) is 6.11 Å². The van der Waals surface area contributed by atoms with Gasteiger partial charge in [0, 0.05) is 17.7 Å². The number of hydrogen-bond donors (Lipinski definition) is 0. The summed E-state index contributed by atoms with van der Waals surface area (Å²) in [7, 11) is 0. The summed E-state index contributed by atoms with van der Waals surface area (Å²) in [5, 5.41) is 0. The van der Waals surface area contributed by atoms with Gasteiger partial charge in [-0.05, 0) is 48.2 Å². The second-order valence-corrected chi connectivity index (χ2v) is 8.10. The van der Waals surface area contributed by atoms with Crippen LogP contribution in [0.4, 0.5) is 35.1 Å². The van der Waals surface area contributed by atoms with E-state index in [4.69, 9.17) is 0 Å². The van der Waals surface area contributed by atoms with Crippen LogP contribution in [0.3, 0.4) is 0 Å². The first-order valence-corrected chi connectivity index (χ1v) is 10.5. The van der Waals surface area contributed by atoms with E-state index in [1.54, 1.807) is 12.1 Å². The Morgan fingerprint density at radius 2 is 1.11 bits per heavy atom. The molecule has 0 heterocycles. The maximum absolute atomic E-state index is 15.2. The van der Waals surface area contributed by atoms with Crippen LogP contribution in [0, 0.1) is 48.8 Å². The van der Waals surface area contributed by atoms with E-state index in [9.17, 15) is 30.7 Å². The molecule has 0 N–H and O–H groups in total. The average Bonchev–Trinajstić information content (AvgIpc) is 2.79. The summed E-state index contributed by atoms with van der Waals surface area (Å²) in [5.74, 6) is -11.2. The van der Waals surface area contributed by atoms with Crippen molar-refractivity contribution in [1.29, 1.82) is 0 Å². The smallest absolute Gasteiger partial charge is 0.429 e. The van der Waals surface area contributed by atoms with E-state index >= 15 is 4.39 Å². The number of ether oxygens (including phenoxy) is 1. The Morgan fingerprint density at radius 3 is 1.67 bits per heavy atom. The van der Waals surface area contributed by atoms with Crippen LogP contribution in [0.2, 0.25) is 0 Å². The van der Waals surface area contributed by atoms with Crippen molar-refractivity contribution in [1.82, 2.24) is 0 Å². The highest BCUT2D eigenvalue weighted by molar-refractivity contribution is 5.74. The van der Waals surface area contributed by atoms with E-state index in [0.29, 0.717) is 23.3 Å². The zero-order valence-electron chi connectivity index (χ0n) is 18.7. The van der Waals surface area contributed by atoms with Crippen LogP contribution in [0.1, 0.15) is 16.7 Å². The molecule has 1 nitrogen and oxygen atoms in total. The molecule has 0 unspecified atom stereocenters. The van der Waals surface area contributed by atoms with Gasteiger partial charge in [0.05, 0.1) is 0 Å². The normalized spacial score (nSPS) is 11.6. The fraction of sp³-hybridized carbons (Fsp3) is 0.111. The lowest BCUT2D eigenvalue weighted by Gasteiger charge is -2.20. The summed E-state index contributed by atoms with van der Waals surface area (Å²) in [6, 6.07) is 11.2. The Labute approximate surface area is 200 Å². The van der Waals surface area contributed by atoms with Gasteiger partial charge in [0.2, 0.25) is 0 Å². The molecular weight excluding hydrogens is 492 g/mol. The summed E-state index contributed by atoms with van der Waals surface area (Å²) in [6.07, 6.45) is -4.74. The van der Waals surface area contributed by atoms with Crippen molar-refractivity contribution >= 4 is 0 Å². The minimum atomic E-state index is -4.74. The van der Waals surface area contributed by atoms with Crippen LogP contribution in [-0.4, -0.2) is 0 Å². The molecule has 186 valence electrons. The Morgan fingerprint density at radius 1 is 0.583 bits per heavy atom. The molecule has 0 radical (unpaired) electrons. The fourth-order valence-electron chi connectivity index (χ4n) is 3.75. The van der Waals surface area contributed by atoms with E-state index < -0.39 is 52.3 Å². The zero-order valence-corrected chi connectivity index (χ0v) is 18.7. The van der Waals surface area contributed by atoms with Crippen LogP contribution in [0.25, 0.3) is 22.3 Å². The highest BCUT2D eigenvalue weighted by Crippen LogP contribution is 2.39. The van der Waals surface area contributed by atoms with E-state index in [1.165, 1.54) is 19.1 Å². The van der Waals surface area contributed by atoms with Crippen molar-refractivity contribution in [3.8, 4) is 28.0 Å². The molecule has 0 aromatic heterocycles. The van der Waals surface area contributed by atoms with Crippen molar-refractivity contribution in [2.24, 2.45) is 0 Å². The lowest BCUT2D eigenvalue weighted by Crippen LogP contribution is -2.25. The molecule has 0 saturated heterocycles. The fourth-order valence-corrected chi connectivity index (χ4v) is 3.75. The van der Waals surface area contributed by atoms with Gasteiger partial charge in [-0.25, -0.2) is 26.3 Å². The third kappa shape index (κ3) is 4.65. The maximum Gasteiger partial charge on any atom is 0.432 e. The minimum Gasteiger partial charge on any atom is -0.429 e. The van der Waals surface area contributed by atoms with E-state index in [-0.39, 0.29) is 28.8 Å². The summed E-state index contributed by atoms with van der Waals surface area (Å²) >= 11 is 0. The number of hydrogen-bond acceptors (Lipinski definition) is 1. The monoisotopic (exact) mass is 508 g/mol. The van der Waals surface area contributed by atoms with Gasteiger partial charge in [-0.1, -0.05) is 42.0 Å². The molecule has 9 heteroatoms. The lowest BCUT2D eigenvalue weighted by atomic mass is 9.94. The molecule has 0 fully saturated rings. The Hall–Kier alpha value is -3.88. The average molecular weight is 508 g/mol. The van der Waals surface area contributed by atoms with Crippen LogP contribution in [0.5, 0.6) is 5.75 Å². The van der Waals surface area contributed by atoms with Crippen molar-refractivity contribution in [2.45, 2.75) is 20.0 Å². The Kier molecular flexibility index (Phi) is 6.51. The molecule has 0 atom stereocenters. The highest BCUT2D eigenvalue weighted by atomic mass is 19.3. The highest BCUT2D eigenvalue weighted by Gasteiger charge is 2.41. The molecule has 0 aliphatic rings. The SMILES string of the molecule is Cc1ccc(-c2ccc(-c3cc(F)c(C(F)(F)Oc4cc(F)c(F)c(F)c4)c(F)c3)c(F)c2C)cc1. The molecule has 36 heavy (non-hydrogen) atoms. The molecule has 4 aromatic carbocycles. The number of aryl methyl sites for hydroxylation is 1. The zero-order chi connectivity index (χ0) is 26.4. The van der Waals surface area contributed by atoms with Crippen molar-refractivity contribution < 1.29 is 39.9 Å². The summed E-state index contributed by atoms with van der Waals surface area (Å²) in [6.45, 7) is 3.36. The first-order valence-electron chi connectivity index (χ1n) is 10.5. The Bertz CT molecular complexity index is 1420. The van der Waals surface area contributed by atoms with E-state index in [0.717, 1.165) is 5.56 Å². The molecule has 0 bridgehead atoms. The topological polar surface area (TPSA) is 9.23 Å². The third-order valence-corrected chi connectivity index (χ3v) is 5.60. The second kappa shape index (κ2) is 9.29. The molecular formula is C27H16F8O. The van der Waals surface area contributed by atoms with Gasteiger partial charge in [-0.3, -0.25) is 0 Å². The largest absolute Gasteiger partial charge is 0.432 e. The van der Waals surface area contributed by atoms with Crippen molar-refractivity contribution in [3.63, 3.8) is 0 Å². The van der Waals surface area contributed by atoms with Gasteiger partial charge in [0.15, 0.2) is 17.5 Å². The summed E-state index contributed by atoms with van der Waals surface area (Å²) < 4.78 is 117. The third-order valence-electron chi connectivity index (χ3n) is 5.60. The van der Waals surface area contributed by atoms with Gasteiger partial charge in [0.1, 0.15) is 28.8 Å². The lowest BCUT2D eigenvalue weighted by molar-refractivity contribution is -0.189. The standard InChI is InChI=1S/C27H16F8O/c1-13-3-5-15(6-4-13)18-7-8-19(25(32)14(18)2)16-9-20(28)24(21(29)10-16)27(34,35)36-17-11-22(30)26(33)23(31)12-17/h3-12H,1-2H3. The molecule has 0 aliphatic carbocycles. The van der Waals surface area contributed by atoms with E-state index in [2.05, 4.69) is 4.74 Å². The Balaban J connectivity index is 1.71. The van der Waals surface area contributed by atoms with E-state index in [1.807, 2.05) is 19.1 Å². The summed E-state index contributed by atoms with van der Waals surface area (Å²) in [5.41, 5.74) is -0.0524. The maximum atomic E-state index is 15.2. The number of rotatable bonds is 5. The van der Waals surface area contributed by atoms with Crippen LogP contribution >= 0.6 is 0 Å². The van der Waals surface area contributed by atoms with Gasteiger partial charge in [-0.15, -0.1) is 0 Å². The molecule has 4 aromatic rings. The predicted molar refractivity (Wildman–Crippen MR) is 118 cm³/mol. The molecule has 4 rings (SSSR count). The second-order valence-electron chi connectivity index (χ2n) is 8.10. The van der Waals surface area contributed by atoms with Gasteiger partial charge < -0.3 is 4.74 Å². The first kappa shape index (κ1) is 25.2. The van der Waals surface area contributed by atoms with Gasteiger partial charge in [0.25, 0.3) is 0 Å². The van der Waals surface area contributed by atoms with Gasteiger partial charge >= 0.3 is 6.11 Å². The van der Waals surface area contributed by atoms with Gasteiger partial charge in [-0.2, -0.15) is 8.78 Å². The molecule has 0 spiro atoms. The first-order chi connectivity index (χ1) is 16.9. The van der Waals surface area contributed by atoms with Crippen LogP contribution in [0.15, 0.2) is 60.7 Å². The number of halogens is 8. The molecule has 0 amide bonds. The minimum absolute atomic E-state index is 0.101. The number of alkyl halides is 2. The summed E-state index contributed by atoms with van der Waals surface area (Å²) in [4.78, 5) is 0. The van der Waals surface area contributed by atoms with Crippen LogP contribution < -0.4 is 4.74 Å². The predicted octanol–water partition coefficient (Wildman–Crippen LogP) is 8.60. The quantitative estimate of drug-likeness (QED) is 0.194.